The van der Waals surface area contributed by atoms with E-state index < -0.39 is 23.7 Å². The van der Waals surface area contributed by atoms with E-state index in [0.717, 1.165) is 0 Å². The summed E-state index contributed by atoms with van der Waals surface area (Å²) in [5.74, 6) is 0.0427. The number of carbonyl (C=O) groups excluding carboxylic acids is 2. The van der Waals surface area contributed by atoms with Crippen LogP contribution in [0, 0.1) is 11.3 Å². The average Bonchev–Trinajstić information content (AvgIpc) is 2.81. The van der Waals surface area contributed by atoms with Gasteiger partial charge >= 0.3 is 5.97 Å². The molecule has 2 aromatic rings. The molecule has 2 atom stereocenters. The summed E-state index contributed by atoms with van der Waals surface area (Å²) in [5.41, 5.74) is 0.680. The van der Waals surface area contributed by atoms with Crippen LogP contribution in [0.3, 0.4) is 0 Å². The fourth-order valence-corrected chi connectivity index (χ4v) is 4.32. The molecule has 1 amide bonds. The van der Waals surface area contributed by atoms with Crippen molar-refractivity contribution in [1.29, 1.82) is 5.26 Å². The largest absolute Gasteiger partial charge is 0.485 e. The number of piperazine rings is 1. The zero-order valence-corrected chi connectivity index (χ0v) is 18.7. The van der Waals surface area contributed by atoms with Gasteiger partial charge in [0.15, 0.2) is 0 Å². The number of carbonyl (C=O) groups is 2. The van der Waals surface area contributed by atoms with Crippen LogP contribution in [0.25, 0.3) is 0 Å². The Morgan fingerprint density at radius 1 is 1.24 bits per heavy atom. The van der Waals surface area contributed by atoms with Crippen molar-refractivity contribution in [1.82, 2.24) is 9.80 Å². The van der Waals surface area contributed by atoms with Crippen molar-refractivity contribution in [3.63, 3.8) is 0 Å². The first-order valence-corrected chi connectivity index (χ1v) is 11.0. The van der Waals surface area contributed by atoms with E-state index in [2.05, 4.69) is 6.07 Å². The van der Waals surface area contributed by atoms with Crippen LogP contribution in [-0.4, -0.2) is 71.3 Å². The zero-order valence-electron chi connectivity index (χ0n) is 18.7. The van der Waals surface area contributed by atoms with E-state index in [1.54, 1.807) is 61.2 Å². The van der Waals surface area contributed by atoms with E-state index >= 15 is 0 Å². The highest BCUT2D eigenvalue weighted by Crippen LogP contribution is 2.43. The van der Waals surface area contributed by atoms with Gasteiger partial charge in [0.1, 0.15) is 24.1 Å². The predicted molar refractivity (Wildman–Crippen MR) is 119 cm³/mol. The Balaban J connectivity index is 1.42. The van der Waals surface area contributed by atoms with Gasteiger partial charge in [0, 0.05) is 25.2 Å². The molecule has 8 heteroatoms. The fourth-order valence-electron chi connectivity index (χ4n) is 4.32. The van der Waals surface area contributed by atoms with Crippen LogP contribution in [-0.2, 0) is 9.53 Å². The molecule has 0 aliphatic carbocycles. The molecule has 1 fully saturated rings. The molecule has 0 bridgehead atoms. The summed E-state index contributed by atoms with van der Waals surface area (Å²) in [4.78, 5) is 28.8. The molecule has 0 aromatic heterocycles. The first-order chi connectivity index (χ1) is 15.8. The standard InChI is InChI=1S/C25H27N3O5/c1-25(2)23(30)22(19-14-17(15-26)8-9-20(19)33-25)28-11-10-27(16-21(28)29)12-13-32-24(31)18-6-4-3-5-7-18/h3-9,14,22-23,30H,10-13,16H2,1-2H3/t22-,23+/m1/s1. The van der Waals surface area contributed by atoms with Gasteiger partial charge in [0.2, 0.25) is 5.91 Å². The number of hydrogen-bond donors (Lipinski definition) is 1. The van der Waals surface area contributed by atoms with Crippen molar-refractivity contribution in [3.05, 3.63) is 65.2 Å². The van der Waals surface area contributed by atoms with Gasteiger partial charge in [0.25, 0.3) is 0 Å². The molecule has 0 unspecified atom stereocenters. The highest BCUT2D eigenvalue weighted by atomic mass is 16.5. The second-order valence-electron chi connectivity index (χ2n) is 8.82. The molecular weight excluding hydrogens is 422 g/mol. The number of benzene rings is 2. The van der Waals surface area contributed by atoms with Crippen molar-refractivity contribution in [2.75, 3.05) is 32.8 Å². The maximum Gasteiger partial charge on any atom is 0.338 e. The maximum atomic E-state index is 13.1. The molecule has 2 aliphatic rings. The average molecular weight is 450 g/mol. The molecule has 2 heterocycles. The van der Waals surface area contributed by atoms with Gasteiger partial charge in [-0.25, -0.2) is 4.79 Å². The van der Waals surface area contributed by atoms with E-state index in [9.17, 15) is 20.0 Å². The summed E-state index contributed by atoms with van der Waals surface area (Å²) < 4.78 is 11.3. The highest BCUT2D eigenvalue weighted by Gasteiger charge is 2.47. The maximum absolute atomic E-state index is 13.1. The smallest absolute Gasteiger partial charge is 0.338 e. The van der Waals surface area contributed by atoms with Crippen LogP contribution >= 0.6 is 0 Å². The zero-order chi connectivity index (χ0) is 23.6. The summed E-state index contributed by atoms with van der Waals surface area (Å²) in [6.45, 7) is 5.32. The third-order valence-corrected chi connectivity index (χ3v) is 6.16. The van der Waals surface area contributed by atoms with Crippen molar-refractivity contribution < 1.29 is 24.2 Å². The third kappa shape index (κ3) is 4.70. The van der Waals surface area contributed by atoms with E-state index in [0.29, 0.717) is 42.1 Å². The molecule has 0 saturated carbocycles. The van der Waals surface area contributed by atoms with Crippen LogP contribution < -0.4 is 4.74 Å². The SMILES string of the molecule is CC1(C)Oc2ccc(C#N)cc2[C@@H](N2CCN(CCOC(=O)c3ccccc3)CC2=O)[C@@H]1O. The second kappa shape index (κ2) is 9.22. The fraction of sp³-hybridized carbons (Fsp3) is 0.400. The van der Waals surface area contributed by atoms with Crippen LogP contribution in [0.15, 0.2) is 48.5 Å². The predicted octanol–water partition coefficient (Wildman–Crippen LogP) is 2.13. The van der Waals surface area contributed by atoms with E-state index in [1.807, 2.05) is 11.0 Å². The quantitative estimate of drug-likeness (QED) is 0.698. The molecule has 0 spiro atoms. The number of nitriles is 1. The summed E-state index contributed by atoms with van der Waals surface area (Å²) in [6, 6.07) is 15.3. The van der Waals surface area contributed by atoms with Crippen molar-refractivity contribution in [2.24, 2.45) is 0 Å². The normalized spacial score (nSPS) is 22.1. The summed E-state index contributed by atoms with van der Waals surface area (Å²) >= 11 is 0. The minimum atomic E-state index is -0.957. The van der Waals surface area contributed by atoms with Gasteiger partial charge in [0.05, 0.1) is 29.8 Å². The number of hydrogen-bond acceptors (Lipinski definition) is 7. The molecule has 2 aromatic carbocycles. The monoisotopic (exact) mass is 449 g/mol. The van der Waals surface area contributed by atoms with Gasteiger partial charge in [-0.05, 0) is 44.2 Å². The van der Waals surface area contributed by atoms with E-state index in [-0.39, 0.29) is 19.1 Å². The number of amides is 1. The number of aliphatic hydroxyl groups is 1. The lowest BCUT2D eigenvalue weighted by Crippen LogP contribution is -2.59. The number of fused-ring (bicyclic) bond motifs is 1. The van der Waals surface area contributed by atoms with Gasteiger partial charge in [-0.2, -0.15) is 5.26 Å². The van der Waals surface area contributed by atoms with Crippen LogP contribution in [0.5, 0.6) is 5.75 Å². The third-order valence-electron chi connectivity index (χ3n) is 6.16. The van der Waals surface area contributed by atoms with Crippen LogP contribution in [0.2, 0.25) is 0 Å². The Morgan fingerprint density at radius 3 is 2.70 bits per heavy atom. The molecule has 2 aliphatic heterocycles. The number of nitrogens with zero attached hydrogens (tertiary/aromatic N) is 3. The van der Waals surface area contributed by atoms with E-state index in [4.69, 9.17) is 9.47 Å². The topological polar surface area (TPSA) is 103 Å². The molecule has 1 N–H and O–H groups in total. The Hall–Kier alpha value is -3.41. The number of rotatable bonds is 5. The minimum Gasteiger partial charge on any atom is -0.485 e. The van der Waals surface area contributed by atoms with Gasteiger partial charge in [-0.3, -0.25) is 9.69 Å². The minimum absolute atomic E-state index is 0.134. The first kappa shape index (κ1) is 22.8. The Bertz CT molecular complexity index is 1080. The Labute approximate surface area is 192 Å². The summed E-state index contributed by atoms with van der Waals surface area (Å²) in [7, 11) is 0. The van der Waals surface area contributed by atoms with Crippen LogP contribution in [0.1, 0.15) is 41.4 Å². The lowest BCUT2D eigenvalue weighted by atomic mass is 9.84. The van der Waals surface area contributed by atoms with Crippen molar-refractivity contribution in [2.45, 2.75) is 31.6 Å². The van der Waals surface area contributed by atoms with Gasteiger partial charge in [-0.15, -0.1) is 0 Å². The molecule has 0 radical (unpaired) electrons. The van der Waals surface area contributed by atoms with Crippen molar-refractivity contribution in [3.8, 4) is 11.8 Å². The molecule has 172 valence electrons. The van der Waals surface area contributed by atoms with Gasteiger partial charge in [-0.1, -0.05) is 18.2 Å². The van der Waals surface area contributed by atoms with Crippen LogP contribution in [0.4, 0.5) is 0 Å². The number of aliphatic hydroxyl groups excluding tert-OH is 1. The Morgan fingerprint density at radius 2 is 2.00 bits per heavy atom. The summed E-state index contributed by atoms with van der Waals surface area (Å²) in [5, 5.41) is 20.4. The first-order valence-electron chi connectivity index (χ1n) is 11.0. The Kier molecular flexibility index (Phi) is 6.36. The molecule has 1 saturated heterocycles. The lowest BCUT2D eigenvalue weighted by Gasteiger charge is -2.48. The molecule has 8 nitrogen and oxygen atoms in total. The lowest BCUT2D eigenvalue weighted by molar-refractivity contribution is -0.150. The highest BCUT2D eigenvalue weighted by molar-refractivity contribution is 5.89. The second-order valence-corrected chi connectivity index (χ2v) is 8.82. The molecule has 33 heavy (non-hydrogen) atoms. The van der Waals surface area contributed by atoms with E-state index in [1.165, 1.54) is 0 Å². The number of ether oxygens (including phenoxy) is 2. The number of esters is 1. The molecular formula is C25H27N3O5. The van der Waals surface area contributed by atoms with Crippen molar-refractivity contribution >= 4 is 11.9 Å². The summed E-state index contributed by atoms with van der Waals surface area (Å²) in [6.07, 6.45) is -0.957. The molecule has 4 rings (SSSR count). The van der Waals surface area contributed by atoms with Gasteiger partial charge < -0.3 is 19.5 Å².